The molecule has 1 aliphatic rings. The predicted molar refractivity (Wildman–Crippen MR) is 118 cm³/mol. The number of hydrogen-bond acceptors (Lipinski definition) is 3. The van der Waals surface area contributed by atoms with E-state index >= 15 is 0 Å². The average molecular weight is 395 g/mol. The number of amides is 1. The molecule has 4 heteroatoms. The summed E-state index contributed by atoms with van der Waals surface area (Å²) in [6, 6.07) is 14.0. The van der Waals surface area contributed by atoms with Crippen LogP contribution in [0, 0.1) is 13.8 Å². The van der Waals surface area contributed by atoms with E-state index in [4.69, 9.17) is 4.74 Å². The summed E-state index contributed by atoms with van der Waals surface area (Å²) in [6.07, 6.45) is 1.84. The molecule has 1 aliphatic heterocycles. The zero-order valence-electron chi connectivity index (χ0n) is 18.6. The van der Waals surface area contributed by atoms with Gasteiger partial charge in [0.05, 0.1) is 0 Å². The lowest BCUT2D eigenvalue weighted by Crippen LogP contribution is -2.62. The molecule has 0 unspecified atom stereocenters. The normalized spacial score (nSPS) is 18.3. The first-order chi connectivity index (χ1) is 13.5. The lowest BCUT2D eigenvalue weighted by atomic mass is 9.79. The summed E-state index contributed by atoms with van der Waals surface area (Å²) in [5, 5.41) is 6.88. The van der Waals surface area contributed by atoms with Gasteiger partial charge in [0.2, 0.25) is 0 Å². The van der Waals surface area contributed by atoms with Crippen LogP contribution in [0.25, 0.3) is 0 Å². The van der Waals surface area contributed by atoms with Crippen LogP contribution in [0.3, 0.4) is 0 Å². The Morgan fingerprint density at radius 3 is 2.28 bits per heavy atom. The lowest BCUT2D eigenvalue weighted by Gasteiger charge is -2.46. The van der Waals surface area contributed by atoms with Crippen molar-refractivity contribution >= 4 is 5.91 Å². The van der Waals surface area contributed by atoms with Gasteiger partial charge < -0.3 is 15.4 Å². The van der Waals surface area contributed by atoms with E-state index in [2.05, 4.69) is 58.2 Å². The first kappa shape index (κ1) is 21.4. The topological polar surface area (TPSA) is 50.4 Å². The molecule has 0 aromatic heterocycles. The second-order valence-corrected chi connectivity index (χ2v) is 9.66. The fourth-order valence-electron chi connectivity index (χ4n) is 4.49. The largest absolute Gasteiger partial charge is 0.489 e. The van der Waals surface area contributed by atoms with Gasteiger partial charge in [0.1, 0.15) is 12.4 Å². The quantitative estimate of drug-likeness (QED) is 0.757. The number of benzene rings is 2. The van der Waals surface area contributed by atoms with Crippen molar-refractivity contribution in [1.82, 2.24) is 10.6 Å². The highest BCUT2D eigenvalue weighted by Crippen LogP contribution is 2.28. The van der Waals surface area contributed by atoms with E-state index in [1.807, 2.05) is 36.4 Å². The fraction of sp³-hybridized carbons (Fsp3) is 0.480. The number of aryl methyl sites for hydroxylation is 1. The third-order valence-corrected chi connectivity index (χ3v) is 5.69. The highest BCUT2D eigenvalue weighted by molar-refractivity contribution is 5.94. The minimum Gasteiger partial charge on any atom is -0.489 e. The molecule has 2 aromatic rings. The van der Waals surface area contributed by atoms with Crippen molar-refractivity contribution in [2.24, 2.45) is 0 Å². The van der Waals surface area contributed by atoms with Gasteiger partial charge in [-0.25, -0.2) is 0 Å². The molecule has 0 radical (unpaired) electrons. The first-order valence-corrected chi connectivity index (χ1v) is 10.4. The second-order valence-electron chi connectivity index (χ2n) is 9.66. The monoisotopic (exact) mass is 394 g/mol. The van der Waals surface area contributed by atoms with Gasteiger partial charge in [-0.3, -0.25) is 4.79 Å². The van der Waals surface area contributed by atoms with Crippen LogP contribution in [0.5, 0.6) is 5.75 Å². The van der Waals surface area contributed by atoms with E-state index in [9.17, 15) is 4.79 Å². The maximum Gasteiger partial charge on any atom is 0.251 e. The number of hydrogen-bond donors (Lipinski definition) is 2. The number of rotatable bonds is 5. The van der Waals surface area contributed by atoms with E-state index in [0.717, 1.165) is 29.7 Å². The van der Waals surface area contributed by atoms with Gasteiger partial charge in [0.15, 0.2) is 0 Å². The summed E-state index contributed by atoms with van der Waals surface area (Å²) in [5.41, 5.74) is 4.14. The fourth-order valence-corrected chi connectivity index (χ4v) is 4.49. The number of carbonyl (C=O) groups excluding carboxylic acids is 1. The van der Waals surface area contributed by atoms with Crippen LogP contribution in [0.2, 0.25) is 0 Å². The number of nitrogens with one attached hydrogen (secondary N) is 2. The SMILES string of the molecule is Cc1cccc(OCc2ccc(C(=O)NC3CC(C)(C)NC(C)(C)C3)cc2)c1C. The van der Waals surface area contributed by atoms with Gasteiger partial charge in [-0.05, 0) is 89.3 Å². The zero-order chi connectivity index (χ0) is 21.2. The van der Waals surface area contributed by atoms with Gasteiger partial charge in [-0.15, -0.1) is 0 Å². The Morgan fingerprint density at radius 2 is 1.66 bits per heavy atom. The van der Waals surface area contributed by atoms with E-state index in [-0.39, 0.29) is 23.0 Å². The Bertz CT molecular complexity index is 853. The van der Waals surface area contributed by atoms with Crippen LogP contribution in [-0.2, 0) is 6.61 Å². The van der Waals surface area contributed by atoms with Crippen molar-refractivity contribution in [2.45, 2.75) is 78.1 Å². The molecular weight excluding hydrogens is 360 g/mol. The standard InChI is InChI=1S/C25H34N2O2/c1-17-8-7-9-22(18(17)2)29-16-19-10-12-20(13-11-19)23(28)26-21-14-24(3,4)27-25(5,6)15-21/h7-13,21,27H,14-16H2,1-6H3,(H,26,28). The molecule has 29 heavy (non-hydrogen) atoms. The Kier molecular flexibility index (Phi) is 6.04. The summed E-state index contributed by atoms with van der Waals surface area (Å²) in [6.45, 7) is 13.4. The Labute approximate surface area is 175 Å². The Morgan fingerprint density at radius 1 is 1.03 bits per heavy atom. The van der Waals surface area contributed by atoms with Crippen molar-refractivity contribution in [1.29, 1.82) is 0 Å². The number of carbonyl (C=O) groups is 1. The van der Waals surface area contributed by atoms with Crippen LogP contribution in [0.15, 0.2) is 42.5 Å². The van der Waals surface area contributed by atoms with Crippen LogP contribution in [-0.4, -0.2) is 23.0 Å². The van der Waals surface area contributed by atoms with Crippen LogP contribution in [0.1, 0.15) is 67.6 Å². The number of ether oxygens (including phenoxy) is 1. The van der Waals surface area contributed by atoms with Crippen molar-refractivity contribution in [3.63, 3.8) is 0 Å². The molecule has 0 bridgehead atoms. The molecule has 156 valence electrons. The van der Waals surface area contributed by atoms with Gasteiger partial charge >= 0.3 is 0 Å². The molecule has 1 heterocycles. The first-order valence-electron chi connectivity index (χ1n) is 10.4. The second kappa shape index (κ2) is 8.19. The van der Waals surface area contributed by atoms with E-state index in [0.29, 0.717) is 12.2 Å². The maximum absolute atomic E-state index is 12.7. The molecule has 1 saturated heterocycles. The molecule has 0 spiro atoms. The van der Waals surface area contributed by atoms with Crippen molar-refractivity contribution in [2.75, 3.05) is 0 Å². The molecule has 2 aromatic carbocycles. The number of piperidine rings is 1. The molecule has 4 nitrogen and oxygen atoms in total. The molecule has 0 aliphatic carbocycles. The maximum atomic E-state index is 12.7. The highest BCUT2D eigenvalue weighted by atomic mass is 16.5. The minimum absolute atomic E-state index is 0.00875. The van der Waals surface area contributed by atoms with Crippen LogP contribution >= 0.6 is 0 Å². The molecule has 1 fully saturated rings. The summed E-state index contributed by atoms with van der Waals surface area (Å²) in [7, 11) is 0. The smallest absolute Gasteiger partial charge is 0.251 e. The lowest BCUT2D eigenvalue weighted by molar-refractivity contribution is 0.0873. The predicted octanol–water partition coefficient (Wildman–Crippen LogP) is 4.92. The van der Waals surface area contributed by atoms with Crippen LogP contribution in [0.4, 0.5) is 0 Å². The molecule has 1 amide bonds. The highest BCUT2D eigenvalue weighted by Gasteiger charge is 2.38. The van der Waals surface area contributed by atoms with Crippen LogP contribution < -0.4 is 15.4 Å². The molecule has 2 N–H and O–H groups in total. The molecule has 0 saturated carbocycles. The summed E-state index contributed by atoms with van der Waals surface area (Å²) in [4.78, 5) is 12.7. The molecule has 3 rings (SSSR count). The van der Waals surface area contributed by atoms with E-state index in [1.54, 1.807) is 0 Å². The third-order valence-electron chi connectivity index (χ3n) is 5.69. The van der Waals surface area contributed by atoms with Crippen molar-refractivity contribution in [3.05, 3.63) is 64.7 Å². The third kappa shape index (κ3) is 5.60. The molecular formula is C25H34N2O2. The van der Waals surface area contributed by atoms with Crippen molar-refractivity contribution < 1.29 is 9.53 Å². The summed E-state index contributed by atoms with van der Waals surface area (Å²) in [5.74, 6) is 0.897. The van der Waals surface area contributed by atoms with Gasteiger partial charge in [0.25, 0.3) is 5.91 Å². The molecule has 0 atom stereocenters. The van der Waals surface area contributed by atoms with Gasteiger partial charge in [0, 0.05) is 22.7 Å². The van der Waals surface area contributed by atoms with Crippen molar-refractivity contribution in [3.8, 4) is 5.75 Å². The summed E-state index contributed by atoms with van der Waals surface area (Å²) < 4.78 is 5.96. The summed E-state index contributed by atoms with van der Waals surface area (Å²) >= 11 is 0. The average Bonchev–Trinajstić information content (AvgIpc) is 2.60. The van der Waals surface area contributed by atoms with E-state index < -0.39 is 0 Å². The Balaban J connectivity index is 1.59. The minimum atomic E-state index is -0.00880. The Hall–Kier alpha value is -2.33. The van der Waals surface area contributed by atoms with E-state index in [1.165, 1.54) is 5.56 Å². The van der Waals surface area contributed by atoms with Gasteiger partial charge in [-0.1, -0.05) is 24.3 Å². The van der Waals surface area contributed by atoms with Gasteiger partial charge in [-0.2, -0.15) is 0 Å². The zero-order valence-corrected chi connectivity index (χ0v) is 18.6.